The number of imidazole rings is 1. The van der Waals surface area contributed by atoms with Crippen LogP contribution in [0.1, 0.15) is 5.56 Å². The van der Waals surface area contributed by atoms with Crippen LogP contribution in [-0.2, 0) is 6.54 Å². The Morgan fingerprint density at radius 2 is 2.00 bits per heavy atom. The lowest BCUT2D eigenvalue weighted by molar-refractivity contribution is 0.990. The molecule has 0 saturated heterocycles. The van der Waals surface area contributed by atoms with E-state index in [1.165, 1.54) is 0 Å². The molecule has 0 radical (unpaired) electrons. The molecule has 1 N–H and O–H groups in total. The number of anilines is 1. The third-order valence-electron chi connectivity index (χ3n) is 3.00. The van der Waals surface area contributed by atoms with Crippen LogP contribution in [0.15, 0.2) is 55.2 Å². The number of rotatable bonds is 4. The monoisotopic (exact) mass is 318 g/mol. The van der Waals surface area contributed by atoms with Crippen molar-refractivity contribution in [3.63, 3.8) is 0 Å². The van der Waals surface area contributed by atoms with Gasteiger partial charge in [0, 0.05) is 18.9 Å². The van der Waals surface area contributed by atoms with Gasteiger partial charge in [-0.05, 0) is 29.8 Å². The number of pyridine rings is 1. The molecule has 0 aliphatic heterocycles. The highest BCUT2D eigenvalue weighted by Crippen LogP contribution is 2.23. The second kappa shape index (κ2) is 6.16. The van der Waals surface area contributed by atoms with Gasteiger partial charge in [-0.2, -0.15) is 0 Å². The number of nitrogens with zero attached hydrogens (tertiary/aromatic N) is 3. The summed E-state index contributed by atoms with van der Waals surface area (Å²) in [5.41, 5.74) is 1.99. The molecule has 0 aliphatic rings. The van der Waals surface area contributed by atoms with Gasteiger partial charge >= 0.3 is 0 Å². The van der Waals surface area contributed by atoms with E-state index in [0.29, 0.717) is 16.6 Å². The molecular formula is C15H12Cl2N4. The summed E-state index contributed by atoms with van der Waals surface area (Å²) in [7, 11) is 0. The molecule has 0 saturated carbocycles. The summed E-state index contributed by atoms with van der Waals surface area (Å²) >= 11 is 11.9. The lowest BCUT2D eigenvalue weighted by atomic mass is 10.2. The van der Waals surface area contributed by atoms with Crippen LogP contribution in [0.2, 0.25) is 10.0 Å². The minimum atomic E-state index is 0.560. The number of halogens is 2. The second-order valence-corrected chi connectivity index (χ2v) is 5.29. The molecule has 0 atom stereocenters. The van der Waals surface area contributed by atoms with Gasteiger partial charge in [-0.1, -0.05) is 29.3 Å². The summed E-state index contributed by atoms with van der Waals surface area (Å²) in [5, 5.41) is 4.41. The van der Waals surface area contributed by atoms with E-state index in [9.17, 15) is 0 Å². The van der Waals surface area contributed by atoms with Gasteiger partial charge < -0.3 is 5.32 Å². The molecule has 0 unspecified atom stereocenters. The standard InChI is InChI=1S/C15H12Cl2N4/c16-13-3-1-11(7-14(13)17)8-19-12-2-4-15(20-9-12)21-6-5-18-10-21/h1-7,9-10,19H,8H2. The smallest absolute Gasteiger partial charge is 0.137 e. The maximum atomic E-state index is 5.99. The predicted octanol–water partition coefficient (Wildman–Crippen LogP) is 4.19. The summed E-state index contributed by atoms with van der Waals surface area (Å²) in [4.78, 5) is 8.37. The van der Waals surface area contributed by atoms with Crippen molar-refractivity contribution in [2.45, 2.75) is 6.54 Å². The molecule has 3 rings (SSSR count). The van der Waals surface area contributed by atoms with E-state index < -0.39 is 0 Å². The first-order valence-electron chi connectivity index (χ1n) is 6.34. The summed E-state index contributed by atoms with van der Waals surface area (Å²) in [5.74, 6) is 0.826. The molecule has 4 nitrogen and oxygen atoms in total. The number of aromatic nitrogens is 3. The number of benzene rings is 1. The molecule has 1 aromatic carbocycles. The van der Waals surface area contributed by atoms with E-state index in [1.807, 2.05) is 35.0 Å². The highest BCUT2D eigenvalue weighted by molar-refractivity contribution is 6.42. The molecule has 0 spiro atoms. The van der Waals surface area contributed by atoms with Crippen molar-refractivity contribution in [3.05, 3.63) is 70.9 Å². The Hall–Kier alpha value is -2.04. The van der Waals surface area contributed by atoms with Crippen molar-refractivity contribution < 1.29 is 0 Å². The molecule has 21 heavy (non-hydrogen) atoms. The first kappa shape index (κ1) is 13.9. The molecule has 2 heterocycles. The molecular weight excluding hydrogens is 307 g/mol. The summed E-state index contributed by atoms with van der Waals surface area (Å²) < 4.78 is 1.85. The van der Waals surface area contributed by atoms with E-state index in [2.05, 4.69) is 15.3 Å². The molecule has 2 aromatic heterocycles. The molecule has 0 fully saturated rings. The van der Waals surface area contributed by atoms with Crippen LogP contribution >= 0.6 is 23.2 Å². The van der Waals surface area contributed by atoms with Gasteiger partial charge in [0.1, 0.15) is 12.1 Å². The van der Waals surface area contributed by atoms with E-state index in [1.54, 1.807) is 24.8 Å². The number of nitrogens with one attached hydrogen (secondary N) is 1. The van der Waals surface area contributed by atoms with Crippen molar-refractivity contribution in [2.75, 3.05) is 5.32 Å². The highest BCUT2D eigenvalue weighted by atomic mass is 35.5. The summed E-state index contributed by atoms with van der Waals surface area (Å²) in [6.07, 6.45) is 7.07. The van der Waals surface area contributed by atoms with Gasteiger partial charge in [-0.3, -0.25) is 4.57 Å². The first-order chi connectivity index (χ1) is 10.2. The topological polar surface area (TPSA) is 42.7 Å². The fourth-order valence-electron chi connectivity index (χ4n) is 1.89. The minimum Gasteiger partial charge on any atom is -0.380 e. The number of hydrogen-bond acceptors (Lipinski definition) is 3. The number of hydrogen-bond donors (Lipinski definition) is 1. The van der Waals surface area contributed by atoms with Gasteiger partial charge in [0.2, 0.25) is 0 Å². The van der Waals surface area contributed by atoms with Gasteiger partial charge in [0.25, 0.3) is 0 Å². The zero-order chi connectivity index (χ0) is 14.7. The quantitative estimate of drug-likeness (QED) is 0.784. The fourth-order valence-corrected chi connectivity index (χ4v) is 2.21. The van der Waals surface area contributed by atoms with Crippen LogP contribution in [-0.4, -0.2) is 14.5 Å². The van der Waals surface area contributed by atoms with Crippen LogP contribution in [0, 0.1) is 0 Å². The Morgan fingerprint density at radius 3 is 2.67 bits per heavy atom. The molecule has 3 aromatic rings. The van der Waals surface area contributed by atoms with Crippen molar-refractivity contribution in [1.82, 2.24) is 14.5 Å². The van der Waals surface area contributed by atoms with Gasteiger partial charge in [-0.25, -0.2) is 9.97 Å². The predicted molar refractivity (Wildman–Crippen MR) is 85.1 cm³/mol. The maximum Gasteiger partial charge on any atom is 0.137 e. The van der Waals surface area contributed by atoms with E-state index in [-0.39, 0.29) is 0 Å². The molecule has 106 valence electrons. The lowest BCUT2D eigenvalue weighted by Crippen LogP contribution is -2.01. The Balaban J connectivity index is 1.66. The van der Waals surface area contributed by atoms with E-state index in [4.69, 9.17) is 23.2 Å². The van der Waals surface area contributed by atoms with Crippen molar-refractivity contribution in [2.24, 2.45) is 0 Å². The van der Waals surface area contributed by atoms with E-state index >= 15 is 0 Å². The van der Waals surface area contributed by atoms with Crippen LogP contribution in [0.25, 0.3) is 5.82 Å². The van der Waals surface area contributed by atoms with Gasteiger partial charge in [0.15, 0.2) is 0 Å². The first-order valence-corrected chi connectivity index (χ1v) is 7.10. The molecule has 0 bridgehead atoms. The average Bonchev–Trinajstić information content (AvgIpc) is 3.03. The third-order valence-corrected chi connectivity index (χ3v) is 3.74. The fraction of sp³-hybridized carbons (Fsp3) is 0.0667. The second-order valence-electron chi connectivity index (χ2n) is 4.48. The van der Waals surface area contributed by atoms with Crippen LogP contribution in [0.3, 0.4) is 0 Å². The minimum absolute atomic E-state index is 0.560. The Bertz CT molecular complexity index is 724. The molecule has 6 heteroatoms. The third kappa shape index (κ3) is 3.35. The molecule has 0 amide bonds. The SMILES string of the molecule is Clc1ccc(CNc2ccc(-n3ccnc3)nc2)cc1Cl. The van der Waals surface area contributed by atoms with E-state index in [0.717, 1.165) is 17.1 Å². The lowest BCUT2D eigenvalue weighted by Gasteiger charge is -2.08. The zero-order valence-corrected chi connectivity index (χ0v) is 12.5. The Kier molecular flexibility index (Phi) is 4.08. The van der Waals surface area contributed by atoms with Crippen LogP contribution in [0.4, 0.5) is 5.69 Å². The Labute approximate surface area is 132 Å². The van der Waals surface area contributed by atoms with Crippen LogP contribution < -0.4 is 5.32 Å². The zero-order valence-electron chi connectivity index (χ0n) is 11.0. The Morgan fingerprint density at radius 1 is 1.10 bits per heavy atom. The average molecular weight is 319 g/mol. The van der Waals surface area contributed by atoms with Crippen molar-refractivity contribution in [3.8, 4) is 5.82 Å². The normalized spacial score (nSPS) is 10.6. The van der Waals surface area contributed by atoms with Gasteiger partial charge in [0.05, 0.1) is 21.9 Å². The summed E-state index contributed by atoms with van der Waals surface area (Å²) in [6, 6.07) is 9.48. The van der Waals surface area contributed by atoms with Crippen LogP contribution in [0.5, 0.6) is 0 Å². The van der Waals surface area contributed by atoms with Crippen molar-refractivity contribution >= 4 is 28.9 Å². The highest BCUT2D eigenvalue weighted by Gasteiger charge is 2.01. The summed E-state index contributed by atoms with van der Waals surface area (Å²) in [6.45, 7) is 0.656. The molecule has 0 aliphatic carbocycles. The van der Waals surface area contributed by atoms with Crippen molar-refractivity contribution in [1.29, 1.82) is 0 Å². The van der Waals surface area contributed by atoms with Gasteiger partial charge in [-0.15, -0.1) is 0 Å². The largest absolute Gasteiger partial charge is 0.380 e. The maximum absolute atomic E-state index is 5.99.